The second-order valence-electron chi connectivity index (χ2n) is 6.38. The summed E-state index contributed by atoms with van der Waals surface area (Å²) in [5.41, 5.74) is 0.188. The topological polar surface area (TPSA) is 74.6 Å². The first-order valence-corrected chi connectivity index (χ1v) is 7.63. The highest BCUT2D eigenvalue weighted by Crippen LogP contribution is 2.32. The molecule has 6 nitrogen and oxygen atoms in total. The highest BCUT2D eigenvalue weighted by molar-refractivity contribution is 5.79. The lowest BCUT2D eigenvalue weighted by atomic mass is 9.90. The summed E-state index contributed by atoms with van der Waals surface area (Å²) in [5, 5.41) is 12.1. The Hall–Kier alpha value is -2.26. The normalized spacial score (nSPS) is 15.3. The molecule has 1 aliphatic rings. The molecule has 23 heavy (non-hydrogen) atoms. The number of benzene rings is 1. The number of hydrogen-bond acceptors (Lipinski definition) is 5. The van der Waals surface area contributed by atoms with E-state index in [1.165, 1.54) is 0 Å². The third-order valence-electron chi connectivity index (χ3n) is 4.09. The SMILES string of the molecule is CC(C)[C@@](C)(C#N)NC(=O)CN(C)Cc1ccc2c(c1)OCO2. The molecule has 0 aromatic heterocycles. The molecule has 1 aromatic carbocycles. The van der Waals surface area contributed by atoms with E-state index in [1.807, 2.05) is 44.0 Å². The van der Waals surface area contributed by atoms with Gasteiger partial charge in [-0.1, -0.05) is 19.9 Å². The Bertz CT molecular complexity index is 624. The predicted octanol–water partition coefficient (Wildman–Crippen LogP) is 1.90. The van der Waals surface area contributed by atoms with Crippen LogP contribution in [0.4, 0.5) is 0 Å². The van der Waals surface area contributed by atoms with Crippen molar-refractivity contribution in [1.82, 2.24) is 10.2 Å². The summed E-state index contributed by atoms with van der Waals surface area (Å²) < 4.78 is 10.6. The Morgan fingerprint density at radius 2 is 2.13 bits per heavy atom. The van der Waals surface area contributed by atoms with Crippen LogP contribution in [0.15, 0.2) is 18.2 Å². The van der Waals surface area contributed by atoms with Gasteiger partial charge in [0.1, 0.15) is 5.54 Å². The van der Waals surface area contributed by atoms with Gasteiger partial charge >= 0.3 is 0 Å². The standard InChI is InChI=1S/C17H23N3O3/c1-12(2)17(3,10-18)19-16(21)9-20(4)8-13-5-6-14-15(7-13)23-11-22-14/h5-7,12H,8-9,11H2,1-4H3,(H,19,21)/t17-/m1/s1. The quantitative estimate of drug-likeness (QED) is 0.867. The number of fused-ring (bicyclic) bond motifs is 1. The molecule has 1 amide bonds. The molecule has 1 aliphatic heterocycles. The van der Waals surface area contributed by atoms with Crippen molar-refractivity contribution in [3.05, 3.63) is 23.8 Å². The second kappa shape index (κ2) is 6.88. The van der Waals surface area contributed by atoms with E-state index in [2.05, 4.69) is 11.4 Å². The van der Waals surface area contributed by atoms with Crippen LogP contribution >= 0.6 is 0 Å². The first kappa shape index (κ1) is 17.1. The van der Waals surface area contributed by atoms with E-state index in [9.17, 15) is 10.1 Å². The van der Waals surface area contributed by atoms with Crippen LogP contribution in [0.2, 0.25) is 0 Å². The largest absolute Gasteiger partial charge is 0.454 e. The molecule has 1 atom stereocenters. The second-order valence-corrected chi connectivity index (χ2v) is 6.38. The van der Waals surface area contributed by atoms with Gasteiger partial charge in [-0.3, -0.25) is 9.69 Å². The number of carbonyl (C=O) groups excluding carboxylic acids is 1. The minimum absolute atomic E-state index is 0.0376. The summed E-state index contributed by atoms with van der Waals surface area (Å²) in [7, 11) is 1.86. The van der Waals surface area contributed by atoms with Gasteiger partial charge in [-0.15, -0.1) is 0 Å². The van der Waals surface area contributed by atoms with Gasteiger partial charge in [0, 0.05) is 6.54 Å². The minimum Gasteiger partial charge on any atom is -0.454 e. The summed E-state index contributed by atoms with van der Waals surface area (Å²) in [4.78, 5) is 14.1. The van der Waals surface area contributed by atoms with Crippen molar-refractivity contribution in [3.8, 4) is 17.6 Å². The number of hydrogen-bond donors (Lipinski definition) is 1. The number of likely N-dealkylation sites (N-methyl/N-ethyl adjacent to an activating group) is 1. The molecule has 0 aliphatic carbocycles. The zero-order valence-electron chi connectivity index (χ0n) is 14.0. The van der Waals surface area contributed by atoms with Crippen LogP contribution in [0, 0.1) is 17.2 Å². The maximum atomic E-state index is 12.2. The maximum absolute atomic E-state index is 12.2. The Morgan fingerprint density at radius 1 is 1.43 bits per heavy atom. The fourth-order valence-corrected chi connectivity index (χ4v) is 2.28. The fourth-order valence-electron chi connectivity index (χ4n) is 2.28. The highest BCUT2D eigenvalue weighted by atomic mass is 16.7. The zero-order chi connectivity index (χ0) is 17.0. The van der Waals surface area contributed by atoms with Crippen LogP contribution in [-0.4, -0.2) is 36.7 Å². The minimum atomic E-state index is -0.851. The van der Waals surface area contributed by atoms with Gasteiger partial charge in [0.15, 0.2) is 11.5 Å². The predicted molar refractivity (Wildman–Crippen MR) is 85.9 cm³/mol. The summed E-state index contributed by atoms with van der Waals surface area (Å²) in [6.45, 7) is 6.65. The van der Waals surface area contributed by atoms with Crippen molar-refractivity contribution >= 4 is 5.91 Å². The average molecular weight is 317 g/mol. The Labute approximate surface area is 137 Å². The van der Waals surface area contributed by atoms with E-state index >= 15 is 0 Å². The molecule has 1 N–H and O–H groups in total. The highest BCUT2D eigenvalue weighted by Gasteiger charge is 2.30. The first-order valence-electron chi connectivity index (χ1n) is 7.63. The van der Waals surface area contributed by atoms with Crippen LogP contribution in [-0.2, 0) is 11.3 Å². The summed E-state index contributed by atoms with van der Waals surface area (Å²) in [6.07, 6.45) is 0. The van der Waals surface area contributed by atoms with Crippen molar-refractivity contribution in [2.24, 2.45) is 5.92 Å². The number of amides is 1. The molecule has 1 heterocycles. The Kier molecular flexibility index (Phi) is 5.12. The van der Waals surface area contributed by atoms with Gasteiger partial charge in [0.05, 0.1) is 12.6 Å². The molecule has 0 spiro atoms. The third-order valence-corrected chi connectivity index (χ3v) is 4.09. The zero-order valence-corrected chi connectivity index (χ0v) is 14.0. The number of ether oxygens (including phenoxy) is 2. The molecule has 2 rings (SSSR count). The number of nitrogens with one attached hydrogen (secondary N) is 1. The van der Waals surface area contributed by atoms with E-state index in [0.29, 0.717) is 6.54 Å². The van der Waals surface area contributed by atoms with Crippen LogP contribution in [0.5, 0.6) is 11.5 Å². The third kappa shape index (κ3) is 4.14. The van der Waals surface area contributed by atoms with Crippen LogP contribution < -0.4 is 14.8 Å². The van der Waals surface area contributed by atoms with Crippen molar-refractivity contribution < 1.29 is 14.3 Å². The van der Waals surface area contributed by atoms with Gasteiger partial charge in [-0.2, -0.15) is 5.26 Å². The van der Waals surface area contributed by atoms with Crippen molar-refractivity contribution in [2.45, 2.75) is 32.9 Å². The van der Waals surface area contributed by atoms with Gasteiger partial charge < -0.3 is 14.8 Å². The molecule has 0 fully saturated rings. The Morgan fingerprint density at radius 3 is 2.78 bits per heavy atom. The van der Waals surface area contributed by atoms with E-state index in [1.54, 1.807) is 6.92 Å². The van der Waals surface area contributed by atoms with Gasteiger partial charge in [0.25, 0.3) is 0 Å². The van der Waals surface area contributed by atoms with E-state index in [4.69, 9.17) is 9.47 Å². The van der Waals surface area contributed by atoms with Crippen molar-refractivity contribution in [1.29, 1.82) is 5.26 Å². The first-order chi connectivity index (χ1) is 10.8. The number of carbonyl (C=O) groups is 1. The van der Waals surface area contributed by atoms with Crippen LogP contribution in [0.1, 0.15) is 26.3 Å². The molecule has 124 valence electrons. The van der Waals surface area contributed by atoms with Gasteiger partial charge in [-0.25, -0.2) is 0 Å². The molecule has 0 saturated carbocycles. The lowest BCUT2D eigenvalue weighted by Gasteiger charge is -2.28. The molecule has 0 saturated heterocycles. The summed E-state index contributed by atoms with van der Waals surface area (Å²) in [6, 6.07) is 7.93. The molecular formula is C17H23N3O3. The monoisotopic (exact) mass is 317 g/mol. The molecule has 6 heteroatoms. The average Bonchev–Trinajstić information content (AvgIpc) is 2.93. The number of rotatable bonds is 6. The lowest BCUT2D eigenvalue weighted by Crippen LogP contribution is -2.51. The summed E-state index contributed by atoms with van der Waals surface area (Å²) >= 11 is 0. The van der Waals surface area contributed by atoms with E-state index in [-0.39, 0.29) is 25.2 Å². The summed E-state index contributed by atoms with van der Waals surface area (Å²) in [5.74, 6) is 1.36. The smallest absolute Gasteiger partial charge is 0.235 e. The Balaban J connectivity index is 1.91. The van der Waals surface area contributed by atoms with Gasteiger partial charge in [0.2, 0.25) is 12.7 Å². The maximum Gasteiger partial charge on any atom is 0.235 e. The van der Waals surface area contributed by atoms with Crippen LogP contribution in [0.3, 0.4) is 0 Å². The van der Waals surface area contributed by atoms with E-state index < -0.39 is 5.54 Å². The molecular weight excluding hydrogens is 294 g/mol. The van der Waals surface area contributed by atoms with E-state index in [0.717, 1.165) is 17.1 Å². The molecule has 0 radical (unpaired) electrons. The van der Waals surface area contributed by atoms with Gasteiger partial charge in [-0.05, 0) is 37.6 Å². The molecule has 0 unspecified atom stereocenters. The molecule has 0 bridgehead atoms. The molecule has 1 aromatic rings. The van der Waals surface area contributed by atoms with Crippen molar-refractivity contribution in [3.63, 3.8) is 0 Å². The number of nitriles is 1. The van der Waals surface area contributed by atoms with Crippen LogP contribution in [0.25, 0.3) is 0 Å². The fraction of sp³-hybridized carbons (Fsp3) is 0.529. The number of nitrogens with zero attached hydrogens (tertiary/aromatic N) is 2. The lowest BCUT2D eigenvalue weighted by molar-refractivity contribution is -0.123. The van der Waals surface area contributed by atoms with Crippen molar-refractivity contribution in [2.75, 3.05) is 20.4 Å².